The Morgan fingerprint density at radius 1 is 0.929 bits per heavy atom. The van der Waals surface area contributed by atoms with E-state index in [2.05, 4.69) is 26.0 Å². The maximum Gasteiger partial charge on any atom is 0.123 e. The molecule has 1 nitrogen and oxygen atoms in total. The Hall–Kier alpha value is -1.50. The van der Waals surface area contributed by atoms with Crippen LogP contribution >= 0.6 is 0 Å². The van der Waals surface area contributed by atoms with E-state index in [4.69, 9.17) is 0 Å². The third-order valence-electron chi connectivity index (χ3n) is 2.55. The summed E-state index contributed by atoms with van der Waals surface area (Å²) < 4.78 is 0. The zero-order valence-electron chi connectivity index (χ0n) is 8.49. The maximum atomic E-state index is 9.68. The van der Waals surface area contributed by atoms with E-state index in [1.54, 1.807) is 6.07 Å². The molecule has 0 amide bonds. The third-order valence-corrected chi connectivity index (χ3v) is 2.55. The highest BCUT2D eigenvalue weighted by atomic mass is 16.3. The second-order valence-electron chi connectivity index (χ2n) is 3.87. The van der Waals surface area contributed by atoms with Gasteiger partial charge in [0, 0.05) is 5.39 Å². The van der Waals surface area contributed by atoms with E-state index >= 15 is 0 Å². The fourth-order valence-electron chi connectivity index (χ4n) is 1.82. The average molecular weight is 186 g/mol. The Morgan fingerprint density at radius 2 is 1.57 bits per heavy atom. The molecule has 0 aliphatic heterocycles. The predicted molar refractivity (Wildman–Crippen MR) is 59.7 cm³/mol. The Labute approximate surface area is 84.0 Å². The molecule has 0 heterocycles. The predicted octanol–water partition coefficient (Wildman–Crippen LogP) is 3.67. The molecular weight excluding hydrogens is 172 g/mol. The van der Waals surface area contributed by atoms with Crippen molar-refractivity contribution >= 4 is 10.8 Å². The van der Waals surface area contributed by atoms with Gasteiger partial charge in [-0.15, -0.1) is 0 Å². The number of fused-ring (bicyclic) bond motifs is 1. The highest BCUT2D eigenvalue weighted by Crippen LogP contribution is 2.30. The molecule has 0 aromatic heterocycles. The van der Waals surface area contributed by atoms with Crippen LogP contribution in [0.3, 0.4) is 0 Å². The molecule has 2 aromatic carbocycles. The van der Waals surface area contributed by atoms with Gasteiger partial charge in [0.25, 0.3) is 0 Å². The summed E-state index contributed by atoms with van der Waals surface area (Å²) in [6.07, 6.45) is 0. The van der Waals surface area contributed by atoms with Gasteiger partial charge in [0.05, 0.1) is 0 Å². The summed E-state index contributed by atoms with van der Waals surface area (Å²) in [6, 6.07) is 11.8. The number of benzene rings is 2. The van der Waals surface area contributed by atoms with Crippen molar-refractivity contribution in [3.05, 3.63) is 42.0 Å². The Bertz CT molecular complexity index is 458. The van der Waals surface area contributed by atoms with Crippen molar-refractivity contribution in [1.82, 2.24) is 0 Å². The molecule has 1 heteroatoms. The molecule has 72 valence electrons. The molecular formula is C13H14O. The van der Waals surface area contributed by atoms with E-state index in [0.717, 1.165) is 10.8 Å². The van der Waals surface area contributed by atoms with Gasteiger partial charge in [-0.05, 0) is 22.9 Å². The Kier molecular flexibility index (Phi) is 2.16. The van der Waals surface area contributed by atoms with Crippen molar-refractivity contribution < 1.29 is 5.11 Å². The smallest absolute Gasteiger partial charge is 0.123 e. The number of rotatable bonds is 1. The lowest BCUT2D eigenvalue weighted by Gasteiger charge is -2.10. The fraction of sp³-hybridized carbons (Fsp3) is 0.231. The van der Waals surface area contributed by atoms with Crippen LogP contribution in [0.2, 0.25) is 0 Å². The van der Waals surface area contributed by atoms with Gasteiger partial charge in [0.15, 0.2) is 0 Å². The van der Waals surface area contributed by atoms with E-state index in [1.165, 1.54) is 5.56 Å². The molecule has 0 bridgehead atoms. The average Bonchev–Trinajstić information content (AvgIpc) is 2.17. The summed E-state index contributed by atoms with van der Waals surface area (Å²) in [5.41, 5.74) is 1.29. The number of hydrogen-bond donors (Lipinski definition) is 1. The lowest BCUT2D eigenvalue weighted by molar-refractivity contribution is 0.481. The zero-order valence-corrected chi connectivity index (χ0v) is 8.49. The van der Waals surface area contributed by atoms with E-state index in [0.29, 0.717) is 11.7 Å². The van der Waals surface area contributed by atoms with E-state index in [1.807, 2.05) is 18.2 Å². The van der Waals surface area contributed by atoms with Crippen LogP contribution in [0.25, 0.3) is 10.8 Å². The van der Waals surface area contributed by atoms with Gasteiger partial charge >= 0.3 is 0 Å². The van der Waals surface area contributed by atoms with Crippen molar-refractivity contribution in [1.29, 1.82) is 0 Å². The maximum absolute atomic E-state index is 9.68. The van der Waals surface area contributed by atoms with Crippen molar-refractivity contribution in [3.63, 3.8) is 0 Å². The minimum Gasteiger partial charge on any atom is -0.507 e. The highest BCUT2D eigenvalue weighted by molar-refractivity contribution is 5.90. The van der Waals surface area contributed by atoms with Crippen LogP contribution in [-0.2, 0) is 0 Å². The largest absolute Gasteiger partial charge is 0.507 e. The molecule has 2 aromatic rings. The third kappa shape index (κ3) is 1.35. The summed E-state index contributed by atoms with van der Waals surface area (Å²) in [5.74, 6) is 0.852. The van der Waals surface area contributed by atoms with Gasteiger partial charge in [0.2, 0.25) is 0 Å². The van der Waals surface area contributed by atoms with Gasteiger partial charge in [-0.3, -0.25) is 0 Å². The molecule has 1 N–H and O–H groups in total. The van der Waals surface area contributed by atoms with Crippen molar-refractivity contribution in [2.45, 2.75) is 19.8 Å². The van der Waals surface area contributed by atoms with Crippen molar-refractivity contribution in [2.75, 3.05) is 0 Å². The minimum atomic E-state index is 0.366. The Morgan fingerprint density at radius 3 is 2.29 bits per heavy atom. The lowest BCUT2D eigenvalue weighted by atomic mass is 9.96. The van der Waals surface area contributed by atoms with E-state index in [-0.39, 0.29) is 0 Å². The van der Waals surface area contributed by atoms with Crippen LogP contribution in [0.1, 0.15) is 25.3 Å². The fourth-order valence-corrected chi connectivity index (χ4v) is 1.82. The van der Waals surface area contributed by atoms with Crippen molar-refractivity contribution in [2.24, 2.45) is 0 Å². The SMILES string of the molecule is CC(C)c1cccc2c(O)cccc12. The number of phenols is 1. The van der Waals surface area contributed by atoms with E-state index < -0.39 is 0 Å². The summed E-state index contributed by atoms with van der Waals surface area (Å²) in [6.45, 7) is 4.33. The lowest BCUT2D eigenvalue weighted by Crippen LogP contribution is -1.88. The summed E-state index contributed by atoms with van der Waals surface area (Å²) in [5, 5.41) is 11.8. The van der Waals surface area contributed by atoms with Crippen LogP contribution in [0, 0.1) is 0 Å². The molecule has 0 saturated carbocycles. The molecule has 0 aliphatic rings. The first kappa shape index (κ1) is 9.07. The monoisotopic (exact) mass is 186 g/mol. The second kappa shape index (κ2) is 3.33. The van der Waals surface area contributed by atoms with Gasteiger partial charge in [0.1, 0.15) is 5.75 Å². The summed E-state index contributed by atoms with van der Waals surface area (Å²) in [4.78, 5) is 0. The van der Waals surface area contributed by atoms with Crippen molar-refractivity contribution in [3.8, 4) is 5.75 Å². The standard InChI is InChI=1S/C13H14O/c1-9(2)10-5-3-7-12-11(10)6-4-8-13(12)14/h3-9,14H,1-2H3. The molecule has 0 radical (unpaired) electrons. The molecule has 0 unspecified atom stereocenters. The Balaban J connectivity index is 2.81. The molecule has 0 aliphatic carbocycles. The van der Waals surface area contributed by atoms with Crippen LogP contribution in [0.15, 0.2) is 36.4 Å². The molecule has 0 saturated heterocycles. The van der Waals surface area contributed by atoms with Gasteiger partial charge in [-0.1, -0.05) is 44.2 Å². The first-order valence-corrected chi connectivity index (χ1v) is 4.91. The normalized spacial score (nSPS) is 11.1. The van der Waals surface area contributed by atoms with E-state index in [9.17, 15) is 5.11 Å². The van der Waals surface area contributed by atoms with Gasteiger partial charge < -0.3 is 5.11 Å². The van der Waals surface area contributed by atoms with Gasteiger partial charge in [-0.25, -0.2) is 0 Å². The topological polar surface area (TPSA) is 20.2 Å². The van der Waals surface area contributed by atoms with Gasteiger partial charge in [-0.2, -0.15) is 0 Å². The van der Waals surface area contributed by atoms with Crippen LogP contribution in [0.4, 0.5) is 0 Å². The number of aromatic hydroxyl groups is 1. The first-order chi connectivity index (χ1) is 6.70. The molecule has 14 heavy (non-hydrogen) atoms. The minimum absolute atomic E-state index is 0.366. The zero-order chi connectivity index (χ0) is 10.1. The number of hydrogen-bond acceptors (Lipinski definition) is 1. The van der Waals surface area contributed by atoms with Crippen LogP contribution < -0.4 is 0 Å². The summed E-state index contributed by atoms with van der Waals surface area (Å²) >= 11 is 0. The molecule has 0 fully saturated rings. The first-order valence-electron chi connectivity index (χ1n) is 4.91. The molecule has 0 spiro atoms. The highest BCUT2D eigenvalue weighted by Gasteiger charge is 2.06. The summed E-state index contributed by atoms with van der Waals surface area (Å²) in [7, 11) is 0. The quantitative estimate of drug-likeness (QED) is 0.720. The van der Waals surface area contributed by atoms with Crippen LogP contribution in [0.5, 0.6) is 5.75 Å². The molecule has 0 atom stereocenters. The number of phenolic OH excluding ortho intramolecular Hbond substituents is 1. The second-order valence-corrected chi connectivity index (χ2v) is 3.87. The van der Waals surface area contributed by atoms with Crippen LogP contribution in [-0.4, -0.2) is 5.11 Å². The molecule has 2 rings (SSSR count).